The summed E-state index contributed by atoms with van der Waals surface area (Å²) in [4.78, 5) is 0. The van der Waals surface area contributed by atoms with E-state index in [4.69, 9.17) is 0 Å². The van der Waals surface area contributed by atoms with E-state index in [0.29, 0.717) is 23.2 Å². The van der Waals surface area contributed by atoms with Gasteiger partial charge in [-0.3, -0.25) is 0 Å². The molecule has 3 aliphatic rings. The zero-order valence-electron chi connectivity index (χ0n) is 21.1. The van der Waals surface area contributed by atoms with E-state index in [0.717, 1.165) is 23.0 Å². The Balaban J connectivity index is 1.71. The molecule has 0 heterocycles. The van der Waals surface area contributed by atoms with Crippen molar-refractivity contribution in [1.29, 1.82) is 0 Å². The SMILES string of the molecule is C=C1/C(=C\C=C2/CCC[C@@]3(C)C2CC[C@@H]3[C@H](C)CCCC(C)(C)C)C[C@@H](O)[C@@H](C)[C@@H]1O. The standard InChI is InChI=1S/C29H48O2/c1-19(10-8-16-28(4,5)6)24-14-15-25-22(11-9-17-29(24,25)7)12-13-23-18-26(30)21(3)27(31)20(23)2/h12-13,19,21,24-27,30-31H,2,8-11,14-18H2,1,3-7H3/b22-12+,23-13-/t19-,21-,24-,25?,26-,27-,29-/m1/s1. The monoisotopic (exact) mass is 428 g/mol. The quantitative estimate of drug-likeness (QED) is 0.485. The van der Waals surface area contributed by atoms with Crippen LogP contribution in [0.5, 0.6) is 0 Å². The van der Waals surface area contributed by atoms with Crippen LogP contribution in [0, 0.1) is 34.5 Å². The topological polar surface area (TPSA) is 40.5 Å². The molecule has 3 aliphatic carbocycles. The molecule has 3 saturated carbocycles. The predicted octanol–water partition coefficient (Wildman–Crippen LogP) is 7.23. The van der Waals surface area contributed by atoms with Crippen molar-refractivity contribution in [3.8, 4) is 0 Å². The fraction of sp³-hybridized carbons (Fsp3) is 0.793. The van der Waals surface area contributed by atoms with Gasteiger partial charge >= 0.3 is 0 Å². The van der Waals surface area contributed by atoms with Crippen molar-refractivity contribution in [2.24, 2.45) is 34.5 Å². The summed E-state index contributed by atoms with van der Waals surface area (Å²) in [5.41, 5.74) is 4.30. The van der Waals surface area contributed by atoms with Crippen LogP contribution in [0.2, 0.25) is 0 Å². The summed E-state index contributed by atoms with van der Waals surface area (Å²) in [6.45, 7) is 18.2. The molecule has 0 saturated heterocycles. The van der Waals surface area contributed by atoms with Crippen LogP contribution in [-0.2, 0) is 0 Å². The lowest BCUT2D eigenvalue weighted by atomic mass is 9.60. The van der Waals surface area contributed by atoms with E-state index in [-0.39, 0.29) is 5.92 Å². The van der Waals surface area contributed by atoms with Gasteiger partial charge in [0.2, 0.25) is 0 Å². The van der Waals surface area contributed by atoms with Crippen molar-refractivity contribution >= 4 is 0 Å². The lowest BCUT2D eigenvalue weighted by Gasteiger charge is -2.44. The van der Waals surface area contributed by atoms with Crippen molar-refractivity contribution in [3.05, 3.63) is 35.5 Å². The van der Waals surface area contributed by atoms with Gasteiger partial charge in [-0.2, -0.15) is 0 Å². The van der Waals surface area contributed by atoms with Crippen LogP contribution in [-0.4, -0.2) is 22.4 Å². The van der Waals surface area contributed by atoms with Gasteiger partial charge in [0, 0.05) is 5.92 Å². The third-order valence-electron chi connectivity index (χ3n) is 9.11. The average Bonchev–Trinajstić information content (AvgIpc) is 3.04. The minimum absolute atomic E-state index is 0.134. The summed E-state index contributed by atoms with van der Waals surface area (Å²) in [5.74, 6) is 2.20. The molecule has 31 heavy (non-hydrogen) atoms. The Labute approximate surface area is 191 Å². The van der Waals surface area contributed by atoms with E-state index in [9.17, 15) is 10.2 Å². The Morgan fingerprint density at radius 1 is 1.19 bits per heavy atom. The van der Waals surface area contributed by atoms with E-state index >= 15 is 0 Å². The lowest BCUT2D eigenvalue weighted by molar-refractivity contribution is 0.0283. The van der Waals surface area contributed by atoms with Crippen molar-refractivity contribution in [2.75, 3.05) is 0 Å². The van der Waals surface area contributed by atoms with Gasteiger partial charge in [-0.25, -0.2) is 0 Å². The first-order valence-electron chi connectivity index (χ1n) is 12.9. The lowest BCUT2D eigenvalue weighted by Crippen LogP contribution is -2.36. The maximum Gasteiger partial charge on any atom is 0.0837 e. The number of aliphatic hydroxyl groups is 2. The summed E-state index contributed by atoms with van der Waals surface area (Å²) in [6.07, 6.45) is 14.6. The number of hydrogen-bond acceptors (Lipinski definition) is 2. The largest absolute Gasteiger partial charge is 0.392 e. The minimum atomic E-state index is -0.630. The van der Waals surface area contributed by atoms with Gasteiger partial charge in [0.25, 0.3) is 0 Å². The second-order valence-electron chi connectivity index (χ2n) is 12.6. The third kappa shape index (κ3) is 5.38. The summed E-state index contributed by atoms with van der Waals surface area (Å²) in [6, 6.07) is 0. The van der Waals surface area contributed by atoms with E-state index in [1.807, 2.05) is 6.92 Å². The number of hydrogen-bond donors (Lipinski definition) is 2. The third-order valence-corrected chi connectivity index (χ3v) is 9.11. The van der Waals surface area contributed by atoms with E-state index in [1.165, 1.54) is 51.4 Å². The van der Waals surface area contributed by atoms with Crippen LogP contribution in [0.4, 0.5) is 0 Å². The van der Waals surface area contributed by atoms with Crippen LogP contribution >= 0.6 is 0 Å². The maximum atomic E-state index is 10.4. The number of allylic oxidation sites excluding steroid dienone is 3. The second-order valence-corrected chi connectivity index (χ2v) is 12.6. The van der Waals surface area contributed by atoms with Gasteiger partial charge in [0.05, 0.1) is 12.2 Å². The number of aliphatic hydroxyl groups excluding tert-OH is 2. The van der Waals surface area contributed by atoms with Crippen molar-refractivity contribution in [2.45, 2.75) is 112 Å². The fourth-order valence-electron chi connectivity index (χ4n) is 7.01. The summed E-state index contributed by atoms with van der Waals surface area (Å²) >= 11 is 0. The summed E-state index contributed by atoms with van der Waals surface area (Å²) in [5, 5.41) is 20.7. The Bertz CT molecular complexity index is 709. The van der Waals surface area contributed by atoms with Crippen LogP contribution in [0.15, 0.2) is 35.5 Å². The highest BCUT2D eigenvalue weighted by Gasteiger charge is 2.50. The molecule has 0 bridgehead atoms. The molecule has 0 aromatic carbocycles. The first-order valence-corrected chi connectivity index (χ1v) is 12.9. The Morgan fingerprint density at radius 2 is 1.90 bits per heavy atom. The fourth-order valence-corrected chi connectivity index (χ4v) is 7.01. The van der Waals surface area contributed by atoms with E-state index in [2.05, 4.69) is 53.3 Å². The average molecular weight is 429 g/mol. The van der Waals surface area contributed by atoms with Gasteiger partial charge < -0.3 is 10.2 Å². The van der Waals surface area contributed by atoms with Crippen LogP contribution < -0.4 is 0 Å². The predicted molar refractivity (Wildman–Crippen MR) is 132 cm³/mol. The smallest absolute Gasteiger partial charge is 0.0837 e. The van der Waals surface area contributed by atoms with Crippen LogP contribution in [0.1, 0.15) is 99.3 Å². The highest BCUT2D eigenvalue weighted by molar-refractivity contribution is 5.39. The Hall–Kier alpha value is -0.860. The van der Waals surface area contributed by atoms with Gasteiger partial charge in [-0.15, -0.1) is 0 Å². The van der Waals surface area contributed by atoms with Gasteiger partial charge in [-0.05, 0) is 84.7 Å². The van der Waals surface area contributed by atoms with Gasteiger partial charge in [0.1, 0.15) is 0 Å². The molecular weight excluding hydrogens is 380 g/mol. The zero-order chi connectivity index (χ0) is 23.0. The normalized spacial score (nSPS) is 40.4. The molecular formula is C29H48O2. The second kappa shape index (κ2) is 9.56. The molecule has 176 valence electrons. The molecule has 2 nitrogen and oxygen atoms in total. The van der Waals surface area contributed by atoms with Gasteiger partial charge in [0.15, 0.2) is 0 Å². The molecule has 1 unspecified atom stereocenters. The highest BCUT2D eigenvalue weighted by atomic mass is 16.3. The molecule has 0 aromatic heterocycles. The van der Waals surface area contributed by atoms with Crippen molar-refractivity contribution in [3.63, 3.8) is 0 Å². The zero-order valence-corrected chi connectivity index (χ0v) is 21.1. The molecule has 2 N–H and O–H groups in total. The van der Waals surface area contributed by atoms with E-state index in [1.54, 1.807) is 5.57 Å². The van der Waals surface area contributed by atoms with Gasteiger partial charge in [-0.1, -0.05) is 78.7 Å². The van der Waals surface area contributed by atoms with Crippen LogP contribution in [0.3, 0.4) is 0 Å². The van der Waals surface area contributed by atoms with E-state index < -0.39 is 12.2 Å². The summed E-state index contributed by atoms with van der Waals surface area (Å²) < 4.78 is 0. The molecule has 3 rings (SSSR count). The Morgan fingerprint density at radius 3 is 2.58 bits per heavy atom. The first kappa shape index (κ1) is 24.8. The first-order chi connectivity index (χ1) is 14.4. The molecule has 0 radical (unpaired) electrons. The molecule has 3 fully saturated rings. The molecule has 0 amide bonds. The molecule has 2 heteroatoms. The molecule has 0 aromatic rings. The highest BCUT2D eigenvalue weighted by Crippen LogP contribution is 2.60. The molecule has 0 spiro atoms. The van der Waals surface area contributed by atoms with Crippen LogP contribution in [0.25, 0.3) is 0 Å². The molecule has 0 aliphatic heterocycles. The molecule has 7 atom stereocenters. The minimum Gasteiger partial charge on any atom is -0.392 e. The number of fused-ring (bicyclic) bond motifs is 1. The Kier molecular flexibility index (Phi) is 7.64. The van der Waals surface area contributed by atoms with Crippen molar-refractivity contribution < 1.29 is 10.2 Å². The van der Waals surface area contributed by atoms with Crippen molar-refractivity contribution in [1.82, 2.24) is 0 Å². The summed E-state index contributed by atoms with van der Waals surface area (Å²) in [7, 11) is 0. The maximum absolute atomic E-state index is 10.4. The number of rotatable bonds is 5.